The molecule has 0 amide bonds. The van der Waals surface area contributed by atoms with Gasteiger partial charge < -0.3 is 20.5 Å². The van der Waals surface area contributed by atoms with E-state index in [-0.39, 0.29) is 29.7 Å². The standard InChI is InChI=1S/C18H15ClF4N4O2/c19-12-5-10(1-2-13(12)20)27-17-11-6-14(24)16(7-15(11)25-9-26-17)29-4-3-28-8-18(21,22)23/h1-2,5-7,9H,3-4,8,24H2,(H,25,26,27). The van der Waals surface area contributed by atoms with Crippen LogP contribution in [0.3, 0.4) is 0 Å². The Balaban J connectivity index is 1.74. The van der Waals surface area contributed by atoms with Crippen LogP contribution < -0.4 is 15.8 Å². The Morgan fingerprint density at radius 3 is 2.62 bits per heavy atom. The lowest BCUT2D eigenvalue weighted by atomic mass is 10.2. The monoisotopic (exact) mass is 430 g/mol. The quantitative estimate of drug-likeness (QED) is 0.321. The summed E-state index contributed by atoms with van der Waals surface area (Å²) in [7, 11) is 0. The molecule has 0 saturated heterocycles. The number of hydrogen-bond acceptors (Lipinski definition) is 6. The maximum Gasteiger partial charge on any atom is 0.411 e. The maximum absolute atomic E-state index is 13.3. The molecule has 1 heterocycles. The van der Waals surface area contributed by atoms with Crippen LogP contribution in [0.4, 0.5) is 34.8 Å². The summed E-state index contributed by atoms with van der Waals surface area (Å²) in [6.07, 6.45) is -3.08. The molecular formula is C18H15ClF4N4O2. The zero-order valence-corrected chi connectivity index (χ0v) is 15.5. The number of nitrogens with zero attached hydrogens (tertiary/aromatic N) is 2. The third-order valence-corrected chi connectivity index (χ3v) is 3.99. The van der Waals surface area contributed by atoms with Crippen molar-refractivity contribution < 1.29 is 27.0 Å². The highest BCUT2D eigenvalue weighted by molar-refractivity contribution is 6.31. The van der Waals surface area contributed by atoms with Crippen molar-refractivity contribution >= 4 is 39.7 Å². The fourth-order valence-corrected chi connectivity index (χ4v) is 2.61. The first-order valence-corrected chi connectivity index (χ1v) is 8.64. The molecule has 0 aliphatic carbocycles. The van der Waals surface area contributed by atoms with Crippen molar-refractivity contribution in [3.63, 3.8) is 0 Å². The van der Waals surface area contributed by atoms with Crippen molar-refractivity contribution in [1.29, 1.82) is 0 Å². The van der Waals surface area contributed by atoms with Gasteiger partial charge in [-0.15, -0.1) is 0 Å². The number of anilines is 3. The van der Waals surface area contributed by atoms with Gasteiger partial charge in [0.05, 0.1) is 22.8 Å². The van der Waals surface area contributed by atoms with E-state index in [9.17, 15) is 17.6 Å². The summed E-state index contributed by atoms with van der Waals surface area (Å²) in [4.78, 5) is 8.29. The van der Waals surface area contributed by atoms with Crippen molar-refractivity contribution in [2.45, 2.75) is 6.18 Å². The average molecular weight is 431 g/mol. The van der Waals surface area contributed by atoms with Crippen molar-refractivity contribution in [2.75, 3.05) is 30.9 Å². The summed E-state index contributed by atoms with van der Waals surface area (Å²) < 4.78 is 59.3. The highest BCUT2D eigenvalue weighted by Crippen LogP contribution is 2.32. The second kappa shape index (κ2) is 8.66. The molecule has 0 unspecified atom stereocenters. The average Bonchev–Trinajstić information content (AvgIpc) is 2.64. The number of aromatic nitrogens is 2. The number of nitrogen functional groups attached to an aromatic ring is 1. The molecule has 0 bridgehead atoms. The molecule has 3 rings (SSSR count). The molecule has 1 aromatic heterocycles. The van der Waals surface area contributed by atoms with Gasteiger partial charge in [0, 0.05) is 17.1 Å². The van der Waals surface area contributed by atoms with E-state index in [4.69, 9.17) is 22.1 Å². The molecule has 2 aromatic carbocycles. The Morgan fingerprint density at radius 2 is 1.90 bits per heavy atom. The maximum atomic E-state index is 13.3. The molecule has 0 fully saturated rings. The van der Waals surface area contributed by atoms with Gasteiger partial charge in [0.15, 0.2) is 0 Å². The summed E-state index contributed by atoms with van der Waals surface area (Å²) in [5.74, 6) is 0.113. The first-order chi connectivity index (χ1) is 13.7. The molecule has 0 aliphatic rings. The van der Waals surface area contributed by atoms with Crippen LogP contribution in [0, 0.1) is 5.82 Å². The van der Waals surface area contributed by atoms with Gasteiger partial charge in [-0.1, -0.05) is 11.6 Å². The van der Waals surface area contributed by atoms with Gasteiger partial charge in [0.2, 0.25) is 0 Å². The van der Waals surface area contributed by atoms with E-state index >= 15 is 0 Å². The van der Waals surface area contributed by atoms with E-state index < -0.39 is 18.6 Å². The van der Waals surface area contributed by atoms with E-state index in [2.05, 4.69) is 20.0 Å². The minimum Gasteiger partial charge on any atom is -0.489 e. The molecule has 29 heavy (non-hydrogen) atoms. The number of alkyl halides is 3. The lowest BCUT2D eigenvalue weighted by Crippen LogP contribution is -2.19. The van der Waals surface area contributed by atoms with Crippen molar-refractivity contribution in [1.82, 2.24) is 9.97 Å². The lowest BCUT2D eigenvalue weighted by molar-refractivity contribution is -0.175. The molecule has 0 aliphatic heterocycles. The van der Waals surface area contributed by atoms with E-state index in [0.29, 0.717) is 22.4 Å². The third-order valence-electron chi connectivity index (χ3n) is 3.70. The SMILES string of the molecule is Nc1cc2c(Nc3ccc(F)c(Cl)c3)ncnc2cc1OCCOCC(F)(F)F. The van der Waals surface area contributed by atoms with Crippen LogP contribution >= 0.6 is 11.6 Å². The Bertz CT molecular complexity index is 1020. The fraction of sp³-hybridized carbons (Fsp3) is 0.222. The fourth-order valence-electron chi connectivity index (χ4n) is 2.43. The Kier molecular flexibility index (Phi) is 6.23. The van der Waals surface area contributed by atoms with E-state index in [1.807, 2.05) is 0 Å². The van der Waals surface area contributed by atoms with Crippen LogP contribution in [-0.4, -0.2) is 36.0 Å². The zero-order chi connectivity index (χ0) is 21.0. The van der Waals surface area contributed by atoms with Crippen LogP contribution in [0.1, 0.15) is 0 Å². The second-order valence-corrected chi connectivity index (χ2v) is 6.31. The van der Waals surface area contributed by atoms with Gasteiger partial charge in [-0.05, 0) is 24.3 Å². The molecule has 0 radical (unpaired) electrons. The molecule has 0 atom stereocenters. The van der Waals surface area contributed by atoms with E-state index in [1.54, 1.807) is 12.1 Å². The summed E-state index contributed by atoms with van der Waals surface area (Å²) in [6, 6.07) is 7.23. The summed E-state index contributed by atoms with van der Waals surface area (Å²) >= 11 is 5.78. The number of benzene rings is 2. The number of ether oxygens (including phenoxy) is 2. The van der Waals surface area contributed by atoms with Gasteiger partial charge in [0.25, 0.3) is 0 Å². The zero-order valence-electron chi connectivity index (χ0n) is 14.8. The van der Waals surface area contributed by atoms with E-state index in [0.717, 1.165) is 0 Å². The van der Waals surface area contributed by atoms with Gasteiger partial charge in [-0.2, -0.15) is 13.2 Å². The van der Waals surface area contributed by atoms with Crippen molar-refractivity contribution in [3.8, 4) is 5.75 Å². The van der Waals surface area contributed by atoms with Crippen LogP contribution in [0.2, 0.25) is 5.02 Å². The first-order valence-electron chi connectivity index (χ1n) is 8.26. The second-order valence-electron chi connectivity index (χ2n) is 5.90. The van der Waals surface area contributed by atoms with Crippen molar-refractivity contribution in [3.05, 3.63) is 47.5 Å². The summed E-state index contributed by atoms with van der Waals surface area (Å²) in [5.41, 5.74) is 7.21. The van der Waals surface area contributed by atoms with Crippen LogP contribution in [0.15, 0.2) is 36.7 Å². The largest absolute Gasteiger partial charge is 0.489 e. The predicted molar refractivity (Wildman–Crippen MR) is 101 cm³/mol. The number of halogens is 5. The normalized spacial score (nSPS) is 11.6. The minimum atomic E-state index is -4.39. The lowest BCUT2D eigenvalue weighted by Gasteiger charge is -2.13. The molecule has 0 saturated carbocycles. The Labute approximate surface area is 167 Å². The Hall–Kier alpha value is -2.85. The first kappa shape index (κ1) is 20.9. The minimum absolute atomic E-state index is 0.0451. The molecular weight excluding hydrogens is 416 g/mol. The summed E-state index contributed by atoms with van der Waals surface area (Å²) in [6.45, 7) is -1.71. The van der Waals surface area contributed by atoms with Crippen LogP contribution in [0.25, 0.3) is 10.9 Å². The third kappa shape index (κ3) is 5.58. The van der Waals surface area contributed by atoms with Gasteiger partial charge >= 0.3 is 6.18 Å². The highest BCUT2D eigenvalue weighted by Gasteiger charge is 2.27. The molecule has 154 valence electrons. The van der Waals surface area contributed by atoms with Crippen LogP contribution in [-0.2, 0) is 4.74 Å². The molecule has 6 nitrogen and oxygen atoms in total. The summed E-state index contributed by atoms with van der Waals surface area (Å²) in [5, 5.41) is 3.53. The topological polar surface area (TPSA) is 82.3 Å². The van der Waals surface area contributed by atoms with Crippen LogP contribution in [0.5, 0.6) is 5.75 Å². The van der Waals surface area contributed by atoms with Crippen molar-refractivity contribution in [2.24, 2.45) is 0 Å². The molecule has 3 N–H and O–H groups in total. The van der Waals surface area contributed by atoms with Gasteiger partial charge in [-0.3, -0.25) is 0 Å². The number of nitrogens with two attached hydrogens (primary N) is 1. The predicted octanol–water partition coefficient (Wildman–Crippen LogP) is 4.71. The number of fused-ring (bicyclic) bond motifs is 1. The number of rotatable bonds is 7. The van der Waals surface area contributed by atoms with Gasteiger partial charge in [-0.25, -0.2) is 14.4 Å². The molecule has 11 heteroatoms. The molecule has 0 spiro atoms. The Morgan fingerprint density at radius 1 is 1.10 bits per heavy atom. The smallest absolute Gasteiger partial charge is 0.411 e. The number of nitrogens with one attached hydrogen (secondary N) is 1. The van der Waals surface area contributed by atoms with Gasteiger partial charge in [0.1, 0.15) is 36.9 Å². The highest BCUT2D eigenvalue weighted by atomic mass is 35.5. The number of hydrogen-bond donors (Lipinski definition) is 2. The van der Waals surface area contributed by atoms with E-state index in [1.165, 1.54) is 24.5 Å². The molecule has 3 aromatic rings.